The summed E-state index contributed by atoms with van der Waals surface area (Å²) in [6.45, 7) is 0. The van der Waals surface area contributed by atoms with E-state index in [1.165, 1.54) is 0 Å². The molecular weight excluding hydrogens is 194 g/mol. The minimum absolute atomic E-state index is 0.0968. The Morgan fingerprint density at radius 2 is 2.20 bits per heavy atom. The summed E-state index contributed by atoms with van der Waals surface area (Å²) in [6, 6.07) is 6.41. The summed E-state index contributed by atoms with van der Waals surface area (Å²) in [5, 5.41) is 12.0. The molecule has 0 aromatic heterocycles. The van der Waals surface area contributed by atoms with E-state index >= 15 is 0 Å². The average Bonchev–Trinajstić information content (AvgIpc) is 2.16. The van der Waals surface area contributed by atoms with Crippen molar-refractivity contribution < 1.29 is 9.90 Å². The normalized spacial score (nSPS) is 20.7. The lowest BCUT2D eigenvalue weighted by Gasteiger charge is -2.19. The molecule has 0 bridgehead atoms. The zero-order valence-corrected chi connectivity index (χ0v) is 7.97. The second-order valence-corrected chi connectivity index (χ2v) is 3.34. The van der Waals surface area contributed by atoms with Crippen molar-refractivity contribution >= 4 is 11.9 Å². The maximum Gasteiger partial charge on any atom is 0.229 e. The van der Waals surface area contributed by atoms with Crippen LogP contribution in [-0.2, 0) is 4.79 Å². The van der Waals surface area contributed by atoms with Gasteiger partial charge in [0.1, 0.15) is 5.75 Å². The Labute approximate surface area is 86.6 Å². The molecule has 1 atom stereocenters. The van der Waals surface area contributed by atoms with Gasteiger partial charge in [-0.1, -0.05) is 18.2 Å². The van der Waals surface area contributed by atoms with Crippen LogP contribution in [0.1, 0.15) is 18.0 Å². The van der Waals surface area contributed by atoms with Gasteiger partial charge in [-0.25, -0.2) is 4.99 Å². The number of rotatable bonds is 1. The fourth-order valence-electron chi connectivity index (χ4n) is 1.56. The Balaban J connectivity index is 2.36. The number of aliphatic imine (C=N–C) groups is 1. The number of para-hydroxylation sites is 1. The molecule has 0 saturated carbocycles. The number of guanidine groups is 1. The predicted octanol–water partition coefficient (Wildman–Crippen LogP) is 0.268. The van der Waals surface area contributed by atoms with Crippen molar-refractivity contribution in [3.05, 3.63) is 29.8 Å². The monoisotopic (exact) mass is 205 g/mol. The number of nitrogens with zero attached hydrogens (tertiary/aromatic N) is 1. The van der Waals surface area contributed by atoms with Gasteiger partial charge in [0.2, 0.25) is 5.91 Å². The first-order chi connectivity index (χ1) is 7.16. The Morgan fingerprint density at radius 1 is 1.47 bits per heavy atom. The van der Waals surface area contributed by atoms with E-state index in [2.05, 4.69) is 10.3 Å². The minimum Gasteiger partial charge on any atom is -0.508 e. The van der Waals surface area contributed by atoms with Crippen LogP contribution in [0.4, 0.5) is 0 Å². The van der Waals surface area contributed by atoms with Crippen molar-refractivity contribution in [1.29, 1.82) is 0 Å². The smallest absolute Gasteiger partial charge is 0.229 e. The van der Waals surface area contributed by atoms with Gasteiger partial charge < -0.3 is 10.8 Å². The lowest BCUT2D eigenvalue weighted by atomic mass is 10.0. The molecule has 15 heavy (non-hydrogen) atoms. The maximum absolute atomic E-state index is 11.2. The first kappa shape index (κ1) is 9.51. The number of carbonyl (C=O) groups is 1. The van der Waals surface area contributed by atoms with E-state index in [4.69, 9.17) is 5.73 Å². The molecule has 4 N–H and O–H groups in total. The zero-order valence-electron chi connectivity index (χ0n) is 7.97. The van der Waals surface area contributed by atoms with Crippen LogP contribution in [-0.4, -0.2) is 17.0 Å². The number of hydrogen-bond donors (Lipinski definition) is 3. The summed E-state index contributed by atoms with van der Waals surface area (Å²) in [7, 11) is 0. The van der Waals surface area contributed by atoms with Gasteiger partial charge in [-0.3, -0.25) is 10.1 Å². The van der Waals surface area contributed by atoms with Gasteiger partial charge in [0.15, 0.2) is 5.96 Å². The molecule has 1 aliphatic rings. The number of carbonyl (C=O) groups excluding carboxylic acids is 1. The lowest BCUT2D eigenvalue weighted by Crippen LogP contribution is -2.41. The van der Waals surface area contributed by atoms with Gasteiger partial charge in [0, 0.05) is 5.56 Å². The highest BCUT2D eigenvalue weighted by atomic mass is 16.3. The number of aromatic hydroxyl groups is 1. The van der Waals surface area contributed by atoms with Crippen molar-refractivity contribution in [1.82, 2.24) is 5.32 Å². The number of phenols is 1. The van der Waals surface area contributed by atoms with Crippen molar-refractivity contribution in [2.24, 2.45) is 10.7 Å². The highest BCUT2D eigenvalue weighted by molar-refractivity contribution is 5.98. The molecule has 1 aromatic carbocycles. The van der Waals surface area contributed by atoms with E-state index in [9.17, 15) is 9.90 Å². The largest absolute Gasteiger partial charge is 0.508 e. The molecule has 1 aliphatic heterocycles. The molecular formula is C10H11N3O2. The maximum atomic E-state index is 11.2. The molecule has 1 aromatic rings. The average molecular weight is 205 g/mol. The predicted molar refractivity (Wildman–Crippen MR) is 55.2 cm³/mol. The SMILES string of the molecule is NC1=NC(c2ccccc2O)CC(=O)N1. The minimum atomic E-state index is -0.389. The Hall–Kier alpha value is -2.04. The first-order valence-corrected chi connectivity index (χ1v) is 4.58. The van der Waals surface area contributed by atoms with Gasteiger partial charge >= 0.3 is 0 Å². The Bertz CT molecular complexity index is 428. The topological polar surface area (TPSA) is 87.7 Å². The second-order valence-electron chi connectivity index (χ2n) is 3.34. The highest BCUT2D eigenvalue weighted by Gasteiger charge is 2.22. The first-order valence-electron chi connectivity index (χ1n) is 4.58. The van der Waals surface area contributed by atoms with Gasteiger partial charge in [0.25, 0.3) is 0 Å². The van der Waals surface area contributed by atoms with Crippen LogP contribution >= 0.6 is 0 Å². The summed E-state index contributed by atoms with van der Waals surface area (Å²) in [5.41, 5.74) is 6.06. The van der Waals surface area contributed by atoms with Gasteiger partial charge in [-0.05, 0) is 6.07 Å². The molecule has 78 valence electrons. The van der Waals surface area contributed by atoms with E-state index in [0.717, 1.165) is 0 Å². The number of benzene rings is 1. The molecule has 0 spiro atoms. The fourth-order valence-corrected chi connectivity index (χ4v) is 1.56. The molecule has 0 fully saturated rings. The molecule has 5 heteroatoms. The number of nitrogens with one attached hydrogen (secondary N) is 1. The summed E-state index contributed by atoms with van der Waals surface area (Å²) >= 11 is 0. The number of hydrogen-bond acceptors (Lipinski definition) is 4. The van der Waals surface area contributed by atoms with Crippen molar-refractivity contribution in [2.45, 2.75) is 12.5 Å². The van der Waals surface area contributed by atoms with Crippen LogP contribution < -0.4 is 11.1 Å². The Kier molecular flexibility index (Phi) is 2.29. The summed E-state index contributed by atoms with van der Waals surface area (Å²) in [4.78, 5) is 15.3. The fraction of sp³-hybridized carbons (Fsp3) is 0.200. The van der Waals surface area contributed by atoms with Crippen LogP contribution in [0.2, 0.25) is 0 Å². The number of amides is 1. The van der Waals surface area contributed by atoms with Crippen LogP contribution in [0.3, 0.4) is 0 Å². The van der Waals surface area contributed by atoms with Crippen LogP contribution in [0.25, 0.3) is 0 Å². The van der Waals surface area contributed by atoms with Crippen LogP contribution in [0, 0.1) is 0 Å². The van der Waals surface area contributed by atoms with E-state index in [0.29, 0.717) is 5.56 Å². The summed E-state index contributed by atoms with van der Waals surface area (Å²) in [6.07, 6.45) is 0.207. The molecule has 1 unspecified atom stereocenters. The molecule has 0 aliphatic carbocycles. The number of nitrogens with two attached hydrogens (primary N) is 1. The molecule has 1 heterocycles. The standard InChI is InChI=1S/C10H11N3O2/c11-10-12-7(5-9(15)13-10)6-3-1-2-4-8(6)14/h1-4,7,14H,5H2,(H3,11,12,13,15). The van der Waals surface area contributed by atoms with Crippen molar-refractivity contribution in [3.63, 3.8) is 0 Å². The molecule has 5 nitrogen and oxygen atoms in total. The van der Waals surface area contributed by atoms with Gasteiger partial charge in [-0.15, -0.1) is 0 Å². The third kappa shape index (κ3) is 1.90. The summed E-state index contributed by atoms with van der Waals surface area (Å²) < 4.78 is 0. The molecule has 0 saturated heterocycles. The Morgan fingerprint density at radius 3 is 2.87 bits per heavy atom. The molecule has 2 rings (SSSR count). The van der Waals surface area contributed by atoms with E-state index in [1.807, 2.05) is 0 Å². The highest BCUT2D eigenvalue weighted by Crippen LogP contribution is 2.29. The van der Waals surface area contributed by atoms with E-state index in [1.54, 1.807) is 24.3 Å². The van der Waals surface area contributed by atoms with Gasteiger partial charge in [0.05, 0.1) is 12.5 Å². The molecule has 0 radical (unpaired) electrons. The number of phenolic OH excluding ortho intramolecular Hbond substituents is 1. The van der Waals surface area contributed by atoms with E-state index < -0.39 is 0 Å². The second kappa shape index (κ2) is 3.61. The lowest BCUT2D eigenvalue weighted by molar-refractivity contribution is -0.120. The third-order valence-electron chi connectivity index (χ3n) is 2.24. The van der Waals surface area contributed by atoms with Crippen LogP contribution in [0.5, 0.6) is 5.75 Å². The molecule has 1 amide bonds. The van der Waals surface area contributed by atoms with Crippen molar-refractivity contribution in [2.75, 3.05) is 0 Å². The summed E-state index contributed by atoms with van der Waals surface area (Å²) in [5.74, 6) is 0.0454. The quantitative estimate of drug-likeness (QED) is 0.614. The zero-order chi connectivity index (χ0) is 10.8. The van der Waals surface area contributed by atoms with Crippen molar-refractivity contribution in [3.8, 4) is 5.75 Å². The third-order valence-corrected chi connectivity index (χ3v) is 2.24. The van der Waals surface area contributed by atoms with E-state index in [-0.39, 0.29) is 30.1 Å². The van der Waals surface area contributed by atoms with Crippen LogP contribution in [0.15, 0.2) is 29.3 Å². The van der Waals surface area contributed by atoms with Gasteiger partial charge in [-0.2, -0.15) is 0 Å².